The summed E-state index contributed by atoms with van der Waals surface area (Å²) < 4.78 is 5.69. The van der Waals surface area contributed by atoms with Crippen molar-refractivity contribution in [1.29, 1.82) is 0 Å². The molecule has 0 rings (SSSR count). The van der Waals surface area contributed by atoms with E-state index >= 15 is 0 Å². The van der Waals surface area contributed by atoms with Gasteiger partial charge in [-0.25, -0.2) is 0 Å². The molecule has 0 aromatic heterocycles. The van der Waals surface area contributed by atoms with Crippen LogP contribution in [0.1, 0.15) is 27.7 Å². The fourth-order valence-corrected chi connectivity index (χ4v) is 0.859. The van der Waals surface area contributed by atoms with Crippen molar-refractivity contribution in [1.82, 2.24) is 5.32 Å². The van der Waals surface area contributed by atoms with Crippen molar-refractivity contribution < 1.29 is 4.74 Å². The van der Waals surface area contributed by atoms with Gasteiger partial charge in [0.1, 0.15) is 0 Å². The SMILES string of the molecule is CNCC(C)OC(C)C(C)C. The smallest absolute Gasteiger partial charge is 0.0674 e. The van der Waals surface area contributed by atoms with Gasteiger partial charge in [-0.1, -0.05) is 13.8 Å². The van der Waals surface area contributed by atoms with Gasteiger partial charge >= 0.3 is 0 Å². The standard InChI is InChI=1S/C9H21NO/c1-7(2)9(4)11-8(3)6-10-5/h7-10H,6H2,1-5H3. The van der Waals surface area contributed by atoms with Crippen LogP contribution in [-0.4, -0.2) is 25.8 Å². The maximum atomic E-state index is 5.69. The first-order valence-electron chi connectivity index (χ1n) is 4.38. The van der Waals surface area contributed by atoms with Crippen molar-refractivity contribution in [3.63, 3.8) is 0 Å². The molecule has 2 heteroatoms. The summed E-state index contributed by atoms with van der Waals surface area (Å²) in [6, 6.07) is 0. The van der Waals surface area contributed by atoms with Crippen molar-refractivity contribution in [2.24, 2.45) is 5.92 Å². The molecule has 0 aliphatic heterocycles. The average molecular weight is 159 g/mol. The van der Waals surface area contributed by atoms with Crippen LogP contribution < -0.4 is 5.32 Å². The molecule has 0 heterocycles. The Morgan fingerprint density at radius 3 is 2.09 bits per heavy atom. The van der Waals surface area contributed by atoms with E-state index in [1.165, 1.54) is 0 Å². The van der Waals surface area contributed by atoms with Crippen LogP contribution in [0.25, 0.3) is 0 Å². The normalized spacial score (nSPS) is 16.9. The molecule has 0 aromatic rings. The van der Waals surface area contributed by atoms with Gasteiger partial charge in [0, 0.05) is 6.54 Å². The lowest BCUT2D eigenvalue weighted by Gasteiger charge is -2.21. The number of hydrogen-bond acceptors (Lipinski definition) is 2. The Labute approximate surface area is 70.3 Å². The molecule has 0 aromatic carbocycles. The molecule has 2 atom stereocenters. The quantitative estimate of drug-likeness (QED) is 0.658. The zero-order valence-corrected chi connectivity index (χ0v) is 8.35. The molecule has 1 N–H and O–H groups in total. The van der Waals surface area contributed by atoms with Gasteiger partial charge < -0.3 is 10.1 Å². The third kappa shape index (κ3) is 5.22. The lowest BCUT2D eigenvalue weighted by molar-refractivity contribution is -0.0140. The molecule has 0 spiro atoms. The topological polar surface area (TPSA) is 21.3 Å². The van der Waals surface area contributed by atoms with E-state index < -0.39 is 0 Å². The Morgan fingerprint density at radius 2 is 1.73 bits per heavy atom. The fraction of sp³-hybridized carbons (Fsp3) is 1.00. The Hall–Kier alpha value is -0.0800. The summed E-state index contributed by atoms with van der Waals surface area (Å²) in [5.41, 5.74) is 0. The highest BCUT2D eigenvalue weighted by Gasteiger charge is 2.10. The van der Waals surface area contributed by atoms with E-state index in [2.05, 4.69) is 33.0 Å². The molecule has 0 fully saturated rings. The summed E-state index contributed by atoms with van der Waals surface area (Å²) in [5, 5.41) is 3.09. The molecule has 68 valence electrons. The predicted octanol–water partition coefficient (Wildman–Crippen LogP) is 1.66. The van der Waals surface area contributed by atoms with Crippen molar-refractivity contribution in [3.8, 4) is 0 Å². The maximum absolute atomic E-state index is 5.69. The number of likely N-dealkylation sites (N-methyl/N-ethyl adjacent to an activating group) is 1. The van der Waals surface area contributed by atoms with E-state index in [9.17, 15) is 0 Å². The maximum Gasteiger partial charge on any atom is 0.0674 e. The summed E-state index contributed by atoms with van der Waals surface area (Å²) in [4.78, 5) is 0. The van der Waals surface area contributed by atoms with Gasteiger partial charge in [0.25, 0.3) is 0 Å². The van der Waals surface area contributed by atoms with Gasteiger partial charge in [0.15, 0.2) is 0 Å². The summed E-state index contributed by atoms with van der Waals surface area (Å²) >= 11 is 0. The molecule has 0 bridgehead atoms. The van der Waals surface area contributed by atoms with Gasteiger partial charge in [-0.3, -0.25) is 0 Å². The molecule has 0 saturated heterocycles. The predicted molar refractivity (Wildman–Crippen MR) is 48.8 cm³/mol. The van der Waals surface area contributed by atoms with Crippen LogP contribution in [-0.2, 0) is 4.74 Å². The van der Waals surface area contributed by atoms with Gasteiger partial charge in [0.05, 0.1) is 12.2 Å². The van der Waals surface area contributed by atoms with Crippen LogP contribution in [0.15, 0.2) is 0 Å². The average Bonchev–Trinajstić information content (AvgIpc) is 1.87. The zero-order valence-electron chi connectivity index (χ0n) is 8.35. The zero-order chi connectivity index (χ0) is 8.85. The second-order valence-corrected chi connectivity index (χ2v) is 3.45. The molecule has 2 unspecified atom stereocenters. The van der Waals surface area contributed by atoms with Gasteiger partial charge in [0.2, 0.25) is 0 Å². The van der Waals surface area contributed by atoms with E-state index in [0.29, 0.717) is 18.1 Å². The van der Waals surface area contributed by atoms with Crippen LogP contribution in [0.4, 0.5) is 0 Å². The van der Waals surface area contributed by atoms with Crippen LogP contribution in [0, 0.1) is 5.92 Å². The fourth-order valence-electron chi connectivity index (χ4n) is 0.859. The second-order valence-electron chi connectivity index (χ2n) is 3.45. The molecule has 0 aliphatic rings. The van der Waals surface area contributed by atoms with Crippen molar-refractivity contribution >= 4 is 0 Å². The minimum Gasteiger partial charge on any atom is -0.374 e. The minimum absolute atomic E-state index is 0.317. The summed E-state index contributed by atoms with van der Waals surface area (Å²) in [6.45, 7) is 9.50. The third-order valence-electron chi connectivity index (χ3n) is 1.88. The van der Waals surface area contributed by atoms with Crippen molar-refractivity contribution in [2.45, 2.75) is 39.9 Å². The van der Waals surface area contributed by atoms with Gasteiger partial charge in [-0.15, -0.1) is 0 Å². The highest BCUT2D eigenvalue weighted by atomic mass is 16.5. The van der Waals surface area contributed by atoms with E-state index in [1.54, 1.807) is 0 Å². The summed E-state index contributed by atoms with van der Waals surface area (Å²) in [6.07, 6.45) is 0.677. The molecule has 0 radical (unpaired) electrons. The van der Waals surface area contributed by atoms with Gasteiger partial charge in [-0.05, 0) is 26.8 Å². The number of ether oxygens (including phenoxy) is 1. The van der Waals surface area contributed by atoms with Crippen LogP contribution >= 0.6 is 0 Å². The van der Waals surface area contributed by atoms with E-state index in [0.717, 1.165) is 6.54 Å². The first-order chi connectivity index (χ1) is 5.07. The Bertz CT molecular complexity index is 93.6. The Kier molecular flexibility index (Phi) is 5.51. The number of nitrogens with one attached hydrogen (secondary N) is 1. The molecule has 0 amide bonds. The Morgan fingerprint density at radius 1 is 1.18 bits per heavy atom. The molecule has 11 heavy (non-hydrogen) atoms. The first-order valence-corrected chi connectivity index (χ1v) is 4.38. The molecule has 0 saturated carbocycles. The lowest BCUT2D eigenvalue weighted by atomic mass is 10.1. The lowest BCUT2D eigenvalue weighted by Crippen LogP contribution is -2.29. The molecule has 0 aliphatic carbocycles. The van der Waals surface area contributed by atoms with Crippen LogP contribution in [0.5, 0.6) is 0 Å². The van der Waals surface area contributed by atoms with Crippen LogP contribution in [0.3, 0.4) is 0 Å². The van der Waals surface area contributed by atoms with E-state index in [1.807, 2.05) is 7.05 Å². The summed E-state index contributed by atoms with van der Waals surface area (Å²) in [7, 11) is 1.94. The first kappa shape index (κ1) is 10.9. The number of hydrogen-bond donors (Lipinski definition) is 1. The highest BCUT2D eigenvalue weighted by Crippen LogP contribution is 2.07. The highest BCUT2D eigenvalue weighted by molar-refractivity contribution is 4.59. The molecular weight excluding hydrogens is 138 g/mol. The number of rotatable bonds is 5. The Balaban J connectivity index is 3.48. The van der Waals surface area contributed by atoms with Crippen LogP contribution in [0.2, 0.25) is 0 Å². The monoisotopic (exact) mass is 159 g/mol. The second kappa shape index (κ2) is 5.56. The van der Waals surface area contributed by atoms with Gasteiger partial charge in [-0.2, -0.15) is 0 Å². The van der Waals surface area contributed by atoms with Crippen molar-refractivity contribution in [2.75, 3.05) is 13.6 Å². The summed E-state index contributed by atoms with van der Waals surface area (Å²) in [5.74, 6) is 0.606. The third-order valence-corrected chi connectivity index (χ3v) is 1.88. The largest absolute Gasteiger partial charge is 0.374 e. The van der Waals surface area contributed by atoms with Crippen molar-refractivity contribution in [3.05, 3.63) is 0 Å². The molecule has 2 nitrogen and oxygen atoms in total. The van der Waals surface area contributed by atoms with E-state index in [4.69, 9.17) is 4.74 Å². The molecular formula is C9H21NO. The minimum atomic E-state index is 0.317. The van der Waals surface area contributed by atoms with E-state index in [-0.39, 0.29) is 0 Å².